The summed E-state index contributed by atoms with van der Waals surface area (Å²) in [4.78, 5) is 29.3. The van der Waals surface area contributed by atoms with Crippen molar-refractivity contribution < 1.29 is 9.59 Å². The molecule has 162 valence electrons. The van der Waals surface area contributed by atoms with Gasteiger partial charge in [-0.1, -0.05) is 36.4 Å². The molecular weight excluding hydrogens is 372 g/mol. The fourth-order valence-electron chi connectivity index (χ4n) is 5.31. The SMILES string of the molecule is O=C(CCC1CCN(C(=O)C2=CCCC2)CC1)N1CCC(Cc2ccccc2)CC1. The molecule has 0 bridgehead atoms. The van der Waals surface area contributed by atoms with Crippen molar-refractivity contribution in [2.45, 2.75) is 64.2 Å². The number of piperidine rings is 2. The second-order valence-electron chi connectivity index (χ2n) is 9.41. The smallest absolute Gasteiger partial charge is 0.249 e. The molecule has 4 rings (SSSR count). The van der Waals surface area contributed by atoms with Gasteiger partial charge in [0.2, 0.25) is 11.8 Å². The van der Waals surface area contributed by atoms with E-state index in [-0.39, 0.29) is 5.91 Å². The first-order chi connectivity index (χ1) is 14.7. The molecule has 2 saturated heterocycles. The van der Waals surface area contributed by atoms with E-state index in [1.165, 1.54) is 5.56 Å². The average molecular weight is 409 g/mol. The minimum Gasteiger partial charge on any atom is -0.343 e. The molecule has 0 unspecified atom stereocenters. The van der Waals surface area contributed by atoms with Crippen LogP contribution in [-0.4, -0.2) is 47.8 Å². The molecule has 2 amide bonds. The van der Waals surface area contributed by atoms with Crippen molar-refractivity contribution in [1.82, 2.24) is 9.80 Å². The Bertz CT molecular complexity index is 742. The van der Waals surface area contributed by atoms with E-state index >= 15 is 0 Å². The number of rotatable bonds is 6. The maximum atomic E-state index is 12.7. The van der Waals surface area contributed by atoms with Gasteiger partial charge in [-0.3, -0.25) is 9.59 Å². The largest absolute Gasteiger partial charge is 0.343 e. The lowest BCUT2D eigenvalue weighted by molar-refractivity contribution is -0.133. The number of carbonyl (C=O) groups excluding carboxylic acids is 2. The predicted molar refractivity (Wildman–Crippen MR) is 120 cm³/mol. The van der Waals surface area contributed by atoms with Gasteiger partial charge in [-0.15, -0.1) is 0 Å². The van der Waals surface area contributed by atoms with Crippen molar-refractivity contribution in [2.24, 2.45) is 11.8 Å². The van der Waals surface area contributed by atoms with Crippen molar-refractivity contribution in [2.75, 3.05) is 26.2 Å². The average Bonchev–Trinajstić information content (AvgIpc) is 3.34. The van der Waals surface area contributed by atoms with Crippen LogP contribution >= 0.6 is 0 Å². The van der Waals surface area contributed by atoms with Crippen molar-refractivity contribution in [3.8, 4) is 0 Å². The van der Waals surface area contributed by atoms with E-state index in [0.29, 0.717) is 24.2 Å². The topological polar surface area (TPSA) is 40.6 Å². The zero-order chi connectivity index (χ0) is 20.8. The van der Waals surface area contributed by atoms with Crippen molar-refractivity contribution in [1.29, 1.82) is 0 Å². The summed E-state index contributed by atoms with van der Waals surface area (Å²) in [5.74, 6) is 1.89. The number of allylic oxidation sites excluding steroid dienone is 1. The number of amides is 2. The maximum absolute atomic E-state index is 12.7. The van der Waals surface area contributed by atoms with E-state index in [2.05, 4.69) is 41.3 Å². The van der Waals surface area contributed by atoms with Crippen LogP contribution in [0.5, 0.6) is 0 Å². The highest BCUT2D eigenvalue weighted by Crippen LogP contribution is 2.27. The third-order valence-corrected chi connectivity index (χ3v) is 7.32. The molecule has 1 aromatic rings. The van der Waals surface area contributed by atoms with E-state index < -0.39 is 0 Å². The van der Waals surface area contributed by atoms with Gasteiger partial charge < -0.3 is 9.80 Å². The summed E-state index contributed by atoms with van der Waals surface area (Å²) >= 11 is 0. The fraction of sp³-hybridized carbons (Fsp3) is 0.615. The molecule has 0 N–H and O–H groups in total. The van der Waals surface area contributed by atoms with Crippen LogP contribution in [0.15, 0.2) is 42.0 Å². The predicted octanol–water partition coefficient (Wildman–Crippen LogP) is 4.60. The minimum atomic E-state index is 0.264. The van der Waals surface area contributed by atoms with Crippen molar-refractivity contribution >= 4 is 11.8 Å². The van der Waals surface area contributed by atoms with Gasteiger partial charge in [0.05, 0.1) is 0 Å². The van der Waals surface area contributed by atoms with Crippen molar-refractivity contribution in [3.05, 3.63) is 47.5 Å². The molecule has 0 saturated carbocycles. The van der Waals surface area contributed by atoms with Crippen molar-refractivity contribution in [3.63, 3.8) is 0 Å². The Morgan fingerprint density at radius 1 is 0.867 bits per heavy atom. The highest BCUT2D eigenvalue weighted by molar-refractivity contribution is 5.93. The van der Waals surface area contributed by atoms with E-state index in [0.717, 1.165) is 89.5 Å². The molecule has 1 aliphatic carbocycles. The van der Waals surface area contributed by atoms with Crippen LogP contribution in [0.25, 0.3) is 0 Å². The van der Waals surface area contributed by atoms with Crippen LogP contribution in [-0.2, 0) is 16.0 Å². The first-order valence-electron chi connectivity index (χ1n) is 12.0. The van der Waals surface area contributed by atoms with Gasteiger partial charge in [0, 0.05) is 38.2 Å². The Morgan fingerprint density at radius 2 is 1.53 bits per heavy atom. The lowest BCUT2D eigenvalue weighted by atomic mass is 9.89. The summed E-state index contributed by atoms with van der Waals surface area (Å²) in [6.07, 6.45) is 12.4. The van der Waals surface area contributed by atoms with Gasteiger partial charge in [-0.2, -0.15) is 0 Å². The molecular formula is C26H36N2O2. The molecule has 0 atom stereocenters. The summed E-state index contributed by atoms with van der Waals surface area (Å²) in [6, 6.07) is 10.7. The van der Waals surface area contributed by atoms with Gasteiger partial charge in [-0.25, -0.2) is 0 Å². The number of likely N-dealkylation sites (tertiary alicyclic amines) is 2. The number of hydrogen-bond acceptors (Lipinski definition) is 2. The van der Waals surface area contributed by atoms with Gasteiger partial charge >= 0.3 is 0 Å². The first kappa shape index (κ1) is 21.1. The second-order valence-corrected chi connectivity index (χ2v) is 9.41. The quantitative estimate of drug-likeness (QED) is 0.690. The molecule has 4 nitrogen and oxygen atoms in total. The summed E-state index contributed by atoms with van der Waals surface area (Å²) < 4.78 is 0. The lowest BCUT2D eigenvalue weighted by Crippen LogP contribution is -2.40. The van der Waals surface area contributed by atoms with Gasteiger partial charge in [-0.05, 0) is 75.2 Å². The van der Waals surface area contributed by atoms with Crippen LogP contribution < -0.4 is 0 Å². The lowest BCUT2D eigenvalue weighted by Gasteiger charge is -2.34. The third kappa shape index (κ3) is 5.53. The molecule has 2 fully saturated rings. The fourth-order valence-corrected chi connectivity index (χ4v) is 5.31. The number of hydrogen-bond donors (Lipinski definition) is 0. The first-order valence-corrected chi connectivity index (χ1v) is 12.0. The minimum absolute atomic E-state index is 0.264. The van der Waals surface area contributed by atoms with Crippen LogP contribution in [0.1, 0.15) is 63.4 Å². The second kappa shape index (κ2) is 10.3. The molecule has 2 heterocycles. The third-order valence-electron chi connectivity index (χ3n) is 7.32. The molecule has 30 heavy (non-hydrogen) atoms. The molecule has 1 aromatic carbocycles. The van der Waals surface area contributed by atoms with E-state index in [4.69, 9.17) is 0 Å². The van der Waals surface area contributed by atoms with Crippen LogP contribution in [0, 0.1) is 11.8 Å². The Hall–Kier alpha value is -2.10. The van der Waals surface area contributed by atoms with Crippen LogP contribution in [0.2, 0.25) is 0 Å². The molecule has 0 aromatic heterocycles. The Morgan fingerprint density at radius 3 is 2.20 bits per heavy atom. The van der Waals surface area contributed by atoms with Gasteiger partial charge in [0.15, 0.2) is 0 Å². The number of carbonyl (C=O) groups is 2. The zero-order valence-corrected chi connectivity index (χ0v) is 18.2. The maximum Gasteiger partial charge on any atom is 0.249 e. The molecule has 3 aliphatic rings. The molecule has 0 spiro atoms. The standard InChI is InChI=1S/C26H36N2O2/c29-25(27-16-14-23(15-17-27)20-22-6-2-1-3-7-22)11-10-21-12-18-28(19-13-21)26(30)24-8-4-5-9-24/h1-3,6-8,21,23H,4-5,9-20H2. The number of benzene rings is 1. The monoisotopic (exact) mass is 408 g/mol. The molecule has 0 radical (unpaired) electrons. The molecule has 4 heteroatoms. The Labute approximate surface area is 181 Å². The van der Waals surface area contributed by atoms with Crippen LogP contribution in [0.3, 0.4) is 0 Å². The van der Waals surface area contributed by atoms with E-state index in [1.807, 2.05) is 4.90 Å². The summed E-state index contributed by atoms with van der Waals surface area (Å²) in [5, 5.41) is 0. The normalized spacial score (nSPS) is 21.0. The molecule has 2 aliphatic heterocycles. The summed E-state index contributed by atoms with van der Waals surface area (Å²) in [5.41, 5.74) is 2.44. The van der Waals surface area contributed by atoms with E-state index in [9.17, 15) is 9.59 Å². The van der Waals surface area contributed by atoms with Gasteiger partial charge in [0.25, 0.3) is 0 Å². The van der Waals surface area contributed by atoms with Crippen LogP contribution in [0.4, 0.5) is 0 Å². The highest BCUT2D eigenvalue weighted by Gasteiger charge is 2.27. The Balaban J connectivity index is 1.13. The number of nitrogens with zero attached hydrogens (tertiary/aromatic N) is 2. The summed E-state index contributed by atoms with van der Waals surface area (Å²) in [6.45, 7) is 3.55. The highest BCUT2D eigenvalue weighted by atomic mass is 16.2. The summed E-state index contributed by atoms with van der Waals surface area (Å²) in [7, 11) is 0. The zero-order valence-electron chi connectivity index (χ0n) is 18.2. The Kier molecular flexibility index (Phi) is 7.24. The van der Waals surface area contributed by atoms with E-state index in [1.54, 1.807) is 0 Å². The van der Waals surface area contributed by atoms with Gasteiger partial charge in [0.1, 0.15) is 0 Å².